The van der Waals surface area contributed by atoms with Crippen LogP contribution >= 0.6 is 0 Å². The standard InChI is InChI=1S/C28H19F39OSi/c1-10(68-69,7-8-13(33,34)16(39,40)19(45,46)22(51,52)25(57,58)28(65,66)67)9(4-6-12(31,32)15(37,38)18(43,44)21(49,50)24(55,56)27(62,63)64)3-2-5-11(29,30)14(35,36)17(41,42)20(47,48)23(53,54)26(59,60)61/h3H,2,4-8H2,1,69H3. The van der Waals surface area contributed by atoms with Crippen molar-refractivity contribution in [2.24, 2.45) is 0 Å². The van der Waals surface area contributed by atoms with Crippen molar-refractivity contribution in [3.63, 3.8) is 0 Å². The van der Waals surface area contributed by atoms with Gasteiger partial charge < -0.3 is 4.43 Å². The molecule has 0 rings (SSSR count). The molecule has 0 radical (unpaired) electrons. The molecule has 0 spiro atoms. The molecule has 0 amide bonds. The Morgan fingerprint density at radius 2 is 0.522 bits per heavy atom. The number of hydrogen-bond acceptors (Lipinski definition) is 1. The van der Waals surface area contributed by atoms with E-state index in [2.05, 4.69) is 4.43 Å². The Bertz CT molecular complexity index is 1800. The van der Waals surface area contributed by atoms with Gasteiger partial charge >= 0.3 is 107 Å². The minimum Gasteiger partial charge on any atom is -0.419 e. The first-order valence-corrected chi connectivity index (χ1v) is 17.3. The normalized spacial score (nSPS) is 17.7. The van der Waals surface area contributed by atoms with Crippen LogP contribution in [0.2, 0.25) is 0 Å². The van der Waals surface area contributed by atoms with E-state index < -0.39 is 174 Å². The van der Waals surface area contributed by atoms with Gasteiger partial charge in [0.2, 0.25) is 0 Å². The third kappa shape index (κ3) is 10.0. The third-order valence-corrected chi connectivity index (χ3v) is 10.5. The highest BCUT2D eigenvalue weighted by molar-refractivity contribution is 5.98. The van der Waals surface area contributed by atoms with Crippen LogP contribution in [0, 0.1) is 0 Å². The smallest absolute Gasteiger partial charge is 0.419 e. The van der Waals surface area contributed by atoms with E-state index in [9.17, 15) is 171 Å². The van der Waals surface area contributed by atoms with Crippen LogP contribution in [-0.2, 0) is 4.43 Å². The van der Waals surface area contributed by atoms with Gasteiger partial charge in [-0.05, 0) is 31.8 Å². The zero-order chi connectivity index (χ0) is 56.7. The average molecular weight is 1140 g/mol. The van der Waals surface area contributed by atoms with E-state index in [1.54, 1.807) is 0 Å². The second-order valence-electron chi connectivity index (χ2n) is 14.2. The molecule has 0 heterocycles. The zero-order valence-corrected chi connectivity index (χ0v) is 34.0. The van der Waals surface area contributed by atoms with Crippen molar-refractivity contribution in [3.05, 3.63) is 11.6 Å². The zero-order valence-electron chi connectivity index (χ0n) is 32.0. The summed E-state index contributed by atoms with van der Waals surface area (Å²) in [6, 6.07) is 0. The fourth-order valence-corrected chi connectivity index (χ4v) is 5.43. The van der Waals surface area contributed by atoms with Crippen molar-refractivity contribution in [1.29, 1.82) is 0 Å². The van der Waals surface area contributed by atoms with Crippen LogP contribution in [0.25, 0.3) is 0 Å². The van der Waals surface area contributed by atoms with Crippen LogP contribution in [0.1, 0.15) is 45.4 Å². The molecule has 0 aliphatic rings. The second kappa shape index (κ2) is 18.0. The molecule has 0 saturated heterocycles. The highest BCUT2D eigenvalue weighted by Gasteiger charge is 2.93. The summed E-state index contributed by atoms with van der Waals surface area (Å²) >= 11 is 0. The second-order valence-corrected chi connectivity index (χ2v) is 14.6. The quantitative estimate of drug-likeness (QED) is 0.0563. The molecule has 0 fully saturated rings. The Labute approximate surface area is 357 Å². The Kier molecular flexibility index (Phi) is 17.3. The van der Waals surface area contributed by atoms with E-state index >= 15 is 0 Å². The van der Waals surface area contributed by atoms with Crippen LogP contribution in [-0.4, -0.2) is 123 Å². The summed E-state index contributed by atoms with van der Waals surface area (Å²) in [4.78, 5) is 0. The summed E-state index contributed by atoms with van der Waals surface area (Å²) in [5, 5.41) is 0. The maximum absolute atomic E-state index is 14.6. The Balaban J connectivity index is 7.84. The molecule has 69 heavy (non-hydrogen) atoms. The van der Waals surface area contributed by atoms with Crippen molar-refractivity contribution in [3.8, 4) is 0 Å². The van der Waals surface area contributed by atoms with Crippen molar-refractivity contribution in [1.82, 2.24) is 0 Å². The van der Waals surface area contributed by atoms with Crippen molar-refractivity contribution in [2.75, 3.05) is 0 Å². The lowest BCUT2D eigenvalue weighted by Gasteiger charge is -2.41. The van der Waals surface area contributed by atoms with Gasteiger partial charge in [0, 0.05) is 19.3 Å². The molecule has 0 bridgehead atoms. The molecule has 0 aromatic carbocycles. The lowest BCUT2D eigenvalue weighted by molar-refractivity contribution is -0.440. The van der Waals surface area contributed by atoms with Gasteiger partial charge in [-0.1, -0.05) is 6.08 Å². The van der Waals surface area contributed by atoms with E-state index in [1.165, 1.54) is 0 Å². The van der Waals surface area contributed by atoms with Crippen molar-refractivity contribution >= 4 is 10.5 Å². The molecule has 0 aliphatic heterocycles. The predicted molar refractivity (Wildman–Crippen MR) is 148 cm³/mol. The first-order chi connectivity index (χ1) is 29.3. The molecule has 0 aromatic heterocycles. The lowest BCUT2D eigenvalue weighted by Crippen LogP contribution is -2.70. The Morgan fingerprint density at radius 1 is 0.304 bits per heavy atom. The van der Waals surface area contributed by atoms with E-state index in [0.717, 1.165) is 0 Å². The first-order valence-electron chi connectivity index (χ1n) is 16.4. The fraction of sp³-hybridized carbons (Fsp3) is 0.929. The lowest BCUT2D eigenvalue weighted by atomic mass is 9.82. The Morgan fingerprint density at radius 3 is 0.754 bits per heavy atom. The molecule has 1 nitrogen and oxygen atoms in total. The van der Waals surface area contributed by atoms with E-state index in [1.807, 2.05) is 0 Å². The molecule has 41 heteroatoms. The van der Waals surface area contributed by atoms with Crippen LogP contribution in [0.15, 0.2) is 11.6 Å². The number of allylic oxidation sites excluding steroid dienone is 1. The highest BCUT2D eigenvalue weighted by Crippen LogP contribution is 2.64. The van der Waals surface area contributed by atoms with Gasteiger partial charge in [0.05, 0.1) is 5.60 Å². The molecule has 1 atom stereocenters. The molecular formula is C28H19F39OSi. The molecule has 414 valence electrons. The third-order valence-electron chi connectivity index (χ3n) is 9.60. The van der Waals surface area contributed by atoms with Crippen molar-refractivity contribution < 1.29 is 176 Å². The van der Waals surface area contributed by atoms with E-state index in [0.29, 0.717) is 0 Å². The van der Waals surface area contributed by atoms with E-state index in [4.69, 9.17) is 0 Å². The largest absolute Gasteiger partial charge is 0.460 e. The van der Waals surface area contributed by atoms with Gasteiger partial charge in [0.15, 0.2) is 0 Å². The maximum atomic E-state index is 14.6. The summed E-state index contributed by atoms with van der Waals surface area (Å²) in [5.74, 6) is -124. The summed E-state index contributed by atoms with van der Waals surface area (Å²) in [7, 11) is -1.58. The molecule has 0 N–H and O–H groups in total. The summed E-state index contributed by atoms with van der Waals surface area (Å²) in [6.07, 6.45) is -44.9. The highest BCUT2D eigenvalue weighted by atomic mass is 28.2. The van der Waals surface area contributed by atoms with Crippen LogP contribution < -0.4 is 0 Å². The van der Waals surface area contributed by atoms with Gasteiger partial charge in [-0.3, -0.25) is 0 Å². The summed E-state index contributed by atoms with van der Waals surface area (Å²) < 4.78 is 533. The number of rotatable bonds is 23. The van der Waals surface area contributed by atoms with E-state index in [-0.39, 0.29) is 6.92 Å². The van der Waals surface area contributed by atoms with Gasteiger partial charge in [-0.15, -0.1) is 0 Å². The summed E-state index contributed by atoms with van der Waals surface area (Å²) in [6.45, 7) is -0.367. The van der Waals surface area contributed by atoms with Gasteiger partial charge in [-0.25, -0.2) is 0 Å². The Hall–Kier alpha value is -2.81. The maximum Gasteiger partial charge on any atom is 0.460 e. The monoisotopic (exact) mass is 1140 g/mol. The number of halogens is 39. The molecule has 0 saturated carbocycles. The topological polar surface area (TPSA) is 9.23 Å². The molecule has 0 aliphatic carbocycles. The SMILES string of the molecule is CC(CCC(F)(F)C(F)(F)C(F)(F)C(F)(F)C(F)(F)C(F)(F)F)(O[SiH3])C(=CCCC(F)(F)C(F)(F)C(F)(F)C(F)(F)C(F)(F)C(F)(F)F)CCC(F)(F)C(F)(F)C(F)(F)C(F)(F)C(F)(F)C(F)(F)F. The fourth-order valence-electron chi connectivity index (χ4n) is 4.97. The van der Waals surface area contributed by atoms with Crippen LogP contribution in [0.4, 0.5) is 171 Å². The van der Waals surface area contributed by atoms with Crippen molar-refractivity contribution in [2.45, 2.75) is 158 Å². The molecule has 0 aromatic rings. The average Bonchev–Trinajstić information content (AvgIpc) is 3.12. The minimum absolute atomic E-state index is 0.367. The molecule has 1 unspecified atom stereocenters. The predicted octanol–water partition coefficient (Wildman–Crippen LogP) is 14.5. The van der Waals surface area contributed by atoms with Gasteiger partial charge in [-0.2, -0.15) is 171 Å². The minimum atomic E-state index is -8.72. The summed E-state index contributed by atoms with van der Waals surface area (Å²) in [5.41, 5.74) is -6.41. The van der Waals surface area contributed by atoms with Crippen LogP contribution in [0.5, 0.6) is 0 Å². The van der Waals surface area contributed by atoms with Gasteiger partial charge in [0.1, 0.15) is 10.5 Å². The van der Waals surface area contributed by atoms with Gasteiger partial charge in [0.25, 0.3) is 0 Å². The number of alkyl halides is 39. The number of hydrogen-bond donors (Lipinski definition) is 0. The first kappa shape index (κ1) is 66.2. The van der Waals surface area contributed by atoms with Crippen LogP contribution in [0.3, 0.4) is 0 Å². The molecular weight excluding hydrogens is 1120 g/mol.